The van der Waals surface area contributed by atoms with Crippen molar-refractivity contribution in [3.63, 3.8) is 0 Å². The van der Waals surface area contributed by atoms with Crippen LogP contribution < -0.4 is 0 Å². The van der Waals surface area contributed by atoms with E-state index in [2.05, 4.69) is 16.5 Å². The molecule has 2 heterocycles. The smallest absolute Gasteiger partial charge is 0.371 e. The normalized spacial score (nSPS) is 10.7. The zero-order valence-electron chi connectivity index (χ0n) is 10.00. The van der Waals surface area contributed by atoms with Gasteiger partial charge in [-0.1, -0.05) is 18.7 Å². The minimum absolute atomic E-state index is 0.0282. The summed E-state index contributed by atoms with van der Waals surface area (Å²) in [5, 5.41) is 9.36. The Morgan fingerprint density at radius 3 is 3.06 bits per heavy atom. The lowest BCUT2D eigenvalue weighted by Crippen LogP contribution is -1.99. The van der Waals surface area contributed by atoms with Crippen molar-refractivity contribution in [2.24, 2.45) is 0 Å². The van der Waals surface area contributed by atoms with E-state index in [1.165, 1.54) is 17.8 Å². The molecule has 0 saturated heterocycles. The third kappa shape index (κ3) is 2.95. The number of rotatable bonds is 6. The molecule has 96 valence electrons. The van der Waals surface area contributed by atoms with Gasteiger partial charge in [-0.15, -0.1) is 0 Å². The SMILES string of the molecule is CCCn1cncc1CSc1ccc(C(=O)O)o1. The fourth-order valence-electron chi connectivity index (χ4n) is 1.57. The highest BCUT2D eigenvalue weighted by molar-refractivity contribution is 7.98. The van der Waals surface area contributed by atoms with E-state index >= 15 is 0 Å². The summed E-state index contributed by atoms with van der Waals surface area (Å²) >= 11 is 1.47. The summed E-state index contributed by atoms with van der Waals surface area (Å²) in [6.45, 7) is 3.05. The Bertz CT molecular complexity index is 533. The van der Waals surface area contributed by atoms with E-state index in [0.29, 0.717) is 10.8 Å². The minimum atomic E-state index is -1.04. The average molecular weight is 266 g/mol. The highest BCUT2D eigenvalue weighted by atomic mass is 32.2. The van der Waals surface area contributed by atoms with Crippen LogP contribution in [0, 0.1) is 0 Å². The Kier molecular flexibility index (Phi) is 4.09. The number of nitrogens with zero attached hydrogens (tertiary/aromatic N) is 2. The molecule has 0 aliphatic rings. The molecule has 2 rings (SSSR count). The van der Waals surface area contributed by atoms with E-state index in [1.807, 2.05) is 12.5 Å². The van der Waals surface area contributed by atoms with Gasteiger partial charge in [0.1, 0.15) is 0 Å². The first-order chi connectivity index (χ1) is 8.70. The second-order valence-electron chi connectivity index (χ2n) is 3.79. The van der Waals surface area contributed by atoms with Gasteiger partial charge in [-0.25, -0.2) is 9.78 Å². The second-order valence-corrected chi connectivity index (χ2v) is 4.77. The van der Waals surface area contributed by atoms with Crippen LogP contribution in [0.1, 0.15) is 29.6 Å². The molecule has 5 nitrogen and oxygen atoms in total. The van der Waals surface area contributed by atoms with Gasteiger partial charge < -0.3 is 14.1 Å². The lowest BCUT2D eigenvalue weighted by molar-refractivity contribution is 0.0656. The second kappa shape index (κ2) is 5.77. The van der Waals surface area contributed by atoms with Gasteiger partial charge in [0.2, 0.25) is 5.76 Å². The molecule has 0 atom stereocenters. The predicted molar refractivity (Wildman–Crippen MR) is 67.7 cm³/mol. The summed E-state index contributed by atoms with van der Waals surface area (Å²) in [5.41, 5.74) is 1.11. The molecule has 2 aromatic rings. The highest BCUT2D eigenvalue weighted by Crippen LogP contribution is 2.24. The molecule has 0 amide bonds. The number of carboxylic acids is 1. The Labute approximate surface area is 109 Å². The number of imidazole rings is 1. The number of carbonyl (C=O) groups is 1. The topological polar surface area (TPSA) is 68.3 Å². The van der Waals surface area contributed by atoms with Crippen molar-refractivity contribution in [3.05, 3.63) is 36.1 Å². The number of furan rings is 1. The maximum absolute atomic E-state index is 10.7. The van der Waals surface area contributed by atoms with E-state index in [9.17, 15) is 4.79 Å². The van der Waals surface area contributed by atoms with Gasteiger partial charge in [0, 0.05) is 24.2 Å². The number of aryl methyl sites for hydroxylation is 1. The van der Waals surface area contributed by atoms with Crippen molar-refractivity contribution in [1.29, 1.82) is 0 Å². The lowest BCUT2D eigenvalue weighted by Gasteiger charge is -2.04. The lowest BCUT2D eigenvalue weighted by atomic mass is 10.4. The van der Waals surface area contributed by atoms with Crippen LogP contribution in [-0.4, -0.2) is 20.6 Å². The first-order valence-corrected chi connectivity index (χ1v) is 6.64. The summed E-state index contributed by atoms with van der Waals surface area (Å²) < 4.78 is 7.27. The van der Waals surface area contributed by atoms with E-state index in [1.54, 1.807) is 6.07 Å². The molecule has 0 radical (unpaired) electrons. The van der Waals surface area contributed by atoms with Crippen LogP contribution in [0.3, 0.4) is 0 Å². The van der Waals surface area contributed by atoms with E-state index in [0.717, 1.165) is 18.7 Å². The first-order valence-electron chi connectivity index (χ1n) is 5.65. The van der Waals surface area contributed by atoms with Crippen molar-refractivity contribution in [2.45, 2.75) is 30.7 Å². The number of hydrogen-bond acceptors (Lipinski definition) is 4. The molecular weight excluding hydrogens is 252 g/mol. The molecule has 0 fully saturated rings. The number of carboxylic acid groups (broad SMARTS) is 1. The zero-order valence-corrected chi connectivity index (χ0v) is 10.8. The molecule has 0 spiro atoms. The predicted octanol–water partition coefficient (Wildman–Crippen LogP) is 2.88. The van der Waals surface area contributed by atoms with Crippen molar-refractivity contribution in [3.8, 4) is 0 Å². The summed E-state index contributed by atoms with van der Waals surface area (Å²) in [7, 11) is 0. The standard InChI is InChI=1S/C12H14N2O3S/c1-2-5-14-8-13-6-9(14)7-18-11-4-3-10(17-11)12(15)16/h3-4,6,8H,2,5,7H2,1H3,(H,15,16). The highest BCUT2D eigenvalue weighted by Gasteiger charge is 2.10. The van der Waals surface area contributed by atoms with Crippen LogP contribution in [-0.2, 0) is 12.3 Å². The maximum atomic E-state index is 10.7. The van der Waals surface area contributed by atoms with Gasteiger partial charge in [-0.05, 0) is 18.6 Å². The number of aromatic nitrogens is 2. The average Bonchev–Trinajstić information content (AvgIpc) is 2.95. The van der Waals surface area contributed by atoms with Crippen LogP contribution >= 0.6 is 11.8 Å². The van der Waals surface area contributed by atoms with Gasteiger partial charge in [-0.3, -0.25) is 0 Å². The van der Waals surface area contributed by atoms with Crippen LogP contribution in [0.25, 0.3) is 0 Å². The minimum Gasteiger partial charge on any atom is -0.475 e. The molecule has 0 bridgehead atoms. The van der Waals surface area contributed by atoms with Gasteiger partial charge >= 0.3 is 5.97 Å². The van der Waals surface area contributed by atoms with Crippen molar-refractivity contribution in [2.75, 3.05) is 0 Å². The molecule has 0 aromatic carbocycles. The first kappa shape index (κ1) is 12.8. The number of aromatic carboxylic acids is 1. The molecule has 0 unspecified atom stereocenters. The van der Waals surface area contributed by atoms with Gasteiger partial charge in [0.15, 0.2) is 5.09 Å². The Morgan fingerprint density at radius 1 is 1.56 bits per heavy atom. The van der Waals surface area contributed by atoms with Crippen molar-refractivity contribution in [1.82, 2.24) is 9.55 Å². The van der Waals surface area contributed by atoms with Gasteiger partial charge in [-0.2, -0.15) is 0 Å². The van der Waals surface area contributed by atoms with Gasteiger partial charge in [0.05, 0.1) is 6.33 Å². The summed E-state index contributed by atoms with van der Waals surface area (Å²) in [6, 6.07) is 3.14. The van der Waals surface area contributed by atoms with E-state index in [4.69, 9.17) is 9.52 Å². The van der Waals surface area contributed by atoms with Crippen molar-refractivity contribution >= 4 is 17.7 Å². The van der Waals surface area contributed by atoms with Gasteiger partial charge in [0.25, 0.3) is 0 Å². The zero-order chi connectivity index (χ0) is 13.0. The van der Waals surface area contributed by atoms with Crippen LogP contribution in [0.5, 0.6) is 0 Å². The van der Waals surface area contributed by atoms with Crippen LogP contribution in [0.15, 0.2) is 34.2 Å². The molecule has 2 aromatic heterocycles. The monoisotopic (exact) mass is 266 g/mol. The largest absolute Gasteiger partial charge is 0.475 e. The molecular formula is C12H14N2O3S. The fourth-order valence-corrected chi connectivity index (χ4v) is 2.41. The molecule has 6 heteroatoms. The third-order valence-electron chi connectivity index (χ3n) is 2.42. The third-order valence-corrected chi connectivity index (χ3v) is 3.36. The quantitative estimate of drug-likeness (QED) is 0.814. The Morgan fingerprint density at radius 2 is 2.39 bits per heavy atom. The summed E-state index contributed by atoms with van der Waals surface area (Å²) in [6.07, 6.45) is 4.69. The molecule has 0 saturated carbocycles. The Hall–Kier alpha value is -1.69. The molecule has 0 aliphatic carbocycles. The van der Waals surface area contributed by atoms with Crippen molar-refractivity contribution < 1.29 is 14.3 Å². The fraction of sp³-hybridized carbons (Fsp3) is 0.333. The Balaban J connectivity index is 1.97. The van der Waals surface area contributed by atoms with Crippen LogP contribution in [0.2, 0.25) is 0 Å². The van der Waals surface area contributed by atoms with Crippen LogP contribution in [0.4, 0.5) is 0 Å². The summed E-state index contributed by atoms with van der Waals surface area (Å²) in [4.78, 5) is 14.8. The van der Waals surface area contributed by atoms with E-state index < -0.39 is 5.97 Å². The maximum Gasteiger partial charge on any atom is 0.371 e. The molecule has 1 N–H and O–H groups in total. The number of thioether (sulfide) groups is 1. The number of hydrogen-bond donors (Lipinski definition) is 1. The summed E-state index contributed by atoms with van der Waals surface area (Å²) in [5.74, 6) is -0.357. The van der Waals surface area contributed by atoms with E-state index in [-0.39, 0.29) is 5.76 Å². The molecule has 0 aliphatic heterocycles. The molecule has 18 heavy (non-hydrogen) atoms.